The van der Waals surface area contributed by atoms with Gasteiger partial charge in [-0.2, -0.15) is 10.1 Å². The Morgan fingerprint density at radius 2 is 1.93 bits per heavy atom. The van der Waals surface area contributed by atoms with Crippen molar-refractivity contribution in [2.24, 2.45) is 0 Å². The molecule has 2 aromatic rings. The van der Waals surface area contributed by atoms with Crippen molar-refractivity contribution in [1.82, 2.24) is 15.2 Å². The predicted molar refractivity (Wildman–Crippen MR) is 60.1 cm³/mol. The molecule has 2 rings (SSSR count). The average Bonchev–Trinajstić information content (AvgIpc) is 2.72. The van der Waals surface area contributed by atoms with E-state index >= 15 is 0 Å². The lowest BCUT2D eigenvalue weighted by Gasteiger charge is -2.25. The highest BCUT2D eigenvalue weighted by Crippen LogP contribution is 2.23. The Labute approximate surface area is 89.0 Å². The van der Waals surface area contributed by atoms with Gasteiger partial charge in [-0.15, -0.1) is 0 Å². The molecule has 4 heteroatoms. The zero-order valence-electron chi connectivity index (χ0n) is 8.88. The number of rotatable bonds is 3. The lowest BCUT2D eigenvalue weighted by Crippen LogP contribution is -2.26. The van der Waals surface area contributed by atoms with E-state index in [4.69, 9.17) is 0 Å². The Balaban J connectivity index is 2.37. The number of benzene rings is 1. The van der Waals surface area contributed by atoms with Crippen LogP contribution in [0.5, 0.6) is 0 Å². The molecular weight excluding hydrogens is 188 g/mol. The second-order valence-electron chi connectivity index (χ2n) is 3.61. The topological polar surface area (TPSA) is 44.8 Å². The third-order valence-corrected chi connectivity index (χ3v) is 2.18. The predicted octanol–water partition coefficient (Wildman–Crippen LogP) is 2.35. The first kappa shape index (κ1) is 9.71. The summed E-state index contributed by atoms with van der Waals surface area (Å²) in [5, 5.41) is 6.76. The van der Waals surface area contributed by atoms with Crippen molar-refractivity contribution in [3.05, 3.63) is 36.7 Å². The van der Waals surface area contributed by atoms with Gasteiger partial charge in [0.05, 0.1) is 0 Å². The highest BCUT2D eigenvalue weighted by atomic mass is 15.4. The lowest BCUT2D eigenvalue weighted by atomic mass is 10.2. The third-order valence-electron chi connectivity index (χ3n) is 2.18. The van der Waals surface area contributed by atoms with Gasteiger partial charge in [0, 0.05) is 11.7 Å². The first-order valence-corrected chi connectivity index (χ1v) is 4.98. The molecule has 15 heavy (non-hydrogen) atoms. The number of anilines is 2. The second kappa shape index (κ2) is 4.13. The van der Waals surface area contributed by atoms with Gasteiger partial charge in [-0.05, 0) is 26.0 Å². The maximum atomic E-state index is 4.17. The Morgan fingerprint density at radius 3 is 2.47 bits per heavy atom. The van der Waals surface area contributed by atoms with E-state index in [2.05, 4.69) is 46.1 Å². The summed E-state index contributed by atoms with van der Waals surface area (Å²) in [4.78, 5) is 6.28. The summed E-state index contributed by atoms with van der Waals surface area (Å²) in [6.07, 6.45) is 1.52. The highest BCUT2D eigenvalue weighted by molar-refractivity contribution is 5.57. The molecule has 0 bridgehead atoms. The van der Waals surface area contributed by atoms with Gasteiger partial charge in [0.2, 0.25) is 5.95 Å². The van der Waals surface area contributed by atoms with Crippen LogP contribution in [0.3, 0.4) is 0 Å². The van der Waals surface area contributed by atoms with Gasteiger partial charge >= 0.3 is 0 Å². The molecule has 0 spiro atoms. The monoisotopic (exact) mass is 202 g/mol. The fourth-order valence-electron chi connectivity index (χ4n) is 1.57. The van der Waals surface area contributed by atoms with Crippen LogP contribution in [0.15, 0.2) is 36.7 Å². The van der Waals surface area contributed by atoms with Gasteiger partial charge < -0.3 is 4.90 Å². The number of aromatic nitrogens is 3. The molecule has 0 unspecified atom stereocenters. The Morgan fingerprint density at radius 1 is 1.20 bits per heavy atom. The van der Waals surface area contributed by atoms with Crippen LogP contribution < -0.4 is 4.90 Å². The van der Waals surface area contributed by atoms with E-state index in [1.807, 2.05) is 18.2 Å². The second-order valence-corrected chi connectivity index (χ2v) is 3.61. The van der Waals surface area contributed by atoms with E-state index in [1.165, 1.54) is 6.33 Å². The molecule has 0 amide bonds. The zero-order chi connectivity index (χ0) is 10.7. The van der Waals surface area contributed by atoms with Crippen molar-refractivity contribution in [2.45, 2.75) is 19.9 Å². The standard InChI is InChI=1S/C11H14N4/c1-9(2)15(11-12-8-13-14-11)10-6-4-3-5-7-10/h3-9H,1-2H3,(H,12,13,14). The summed E-state index contributed by atoms with van der Waals surface area (Å²) < 4.78 is 0. The molecule has 1 N–H and O–H groups in total. The molecule has 0 aliphatic carbocycles. The fourth-order valence-corrected chi connectivity index (χ4v) is 1.57. The summed E-state index contributed by atoms with van der Waals surface area (Å²) in [6.45, 7) is 4.24. The van der Waals surface area contributed by atoms with Gasteiger partial charge in [-0.1, -0.05) is 18.2 Å². The maximum absolute atomic E-state index is 4.17. The van der Waals surface area contributed by atoms with E-state index in [0.717, 1.165) is 11.6 Å². The molecule has 78 valence electrons. The molecule has 0 radical (unpaired) electrons. The Kier molecular flexibility index (Phi) is 2.67. The molecule has 1 heterocycles. The van der Waals surface area contributed by atoms with Crippen LogP contribution in [0.2, 0.25) is 0 Å². The van der Waals surface area contributed by atoms with Crippen molar-refractivity contribution in [1.29, 1.82) is 0 Å². The summed E-state index contributed by atoms with van der Waals surface area (Å²) in [5.74, 6) is 0.774. The number of nitrogens with one attached hydrogen (secondary N) is 1. The van der Waals surface area contributed by atoms with E-state index in [9.17, 15) is 0 Å². The van der Waals surface area contributed by atoms with Crippen LogP contribution in [0.4, 0.5) is 11.6 Å². The van der Waals surface area contributed by atoms with Crippen molar-refractivity contribution >= 4 is 11.6 Å². The molecule has 1 aromatic heterocycles. The SMILES string of the molecule is CC(C)N(c1ccccc1)c1ncn[nH]1. The Hall–Kier alpha value is -1.84. The van der Waals surface area contributed by atoms with Gasteiger partial charge in [0.25, 0.3) is 0 Å². The maximum Gasteiger partial charge on any atom is 0.225 e. The Bertz CT molecular complexity index is 394. The smallest absolute Gasteiger partial charge is 0.225 e. The van der Waals surface area contributed by atoms with Gasteiger partial charge in [0.15, 0.2) is 0 Å². The summed E-state index contributed by atoms with van der Waals surface area (Å²) >= 11 is 0. The minimum atomic E-state index is 0.334. The van der Waals surface area contributed by atoms with Crippen molar-refractivity contribution in [3.8, 4) is 0 Å². The number of H-pyrrole nitrogens is 1. The van der Waals surface area contributed by atoms with Crippen molar-refractivity contribution in [3.63, 3.8) is 0 Å². The lowest BCUT2D eigenvalue weighted by molar-refractivity contribution is 0.765. The minimum absolute atomic E-state index is 0.334. The van der Waals surface area contributed by atoms with Gasteiger partial charge in [-0.25, -0.2) is 5.10 Å². The summed E-state index contributed by atoms with van der Waals surface area (Å²) in [6, 6.07) is 10.5. The fraction of sp³-hybridized carbons (Fsp3) is 0.273. The normalized spacial score (nSPS) is 10.6. The highest BCUT2D eigenvalue weighted by Gasteiger charge is 2.14. The molecule has 0 aliphatic heterocycles. The molecular formula is C11H14N4. The molecule has 4 nitrogen and oxygen atoms in total. The van der Waals surface area contributed by atoms with E-state index in [-0.39, 0.29) is 0 Å². The summed E-state index contributed by atoms with van der Waals surface area (Å²) in [7, 11) is 0. The van der Waals surface area contributed by atoms with Crippen LogP contribution in [0, 0.1) is 0 Å². The zero-order valence-corrected chi connectivity index (χ0v) is 8.88. The molecule has 0 aliphatic rings. The van der Waals surface area contributed by atoms with E-state index in [0.29, 0.717) is 6.04 Å². The minimum Gasteiger partial charge on any atom is -0.308 e. The molecule has 0 saturated carbocycles. The number of para-hydroxylation sites is 1. The first-order valence-electron chi connectivity index (χ1n) is 4.98. The largest absolute Gasteiger partial charge is 0.308 e. The molecule has 0 atom stereocenters. The first-order chi connectivity index (χ1) is 7.29. The van der Waals surface area contributed by atoms with Gasteiger partial charge in [0.1, 0.15) is 6.33 Å². The molecule has 0 fully saturated rings. The van der Waals surface area contributed by atoms with Crippen LogP contribution in [-0.2, 0) is 0 Å². The quantitative estimate of drug-likeness (QED) is 0.831. The third kappa shape index (κ3) is 1.98. The van der Waals surface area contributed by atoms with Crippen LogP contribution in [0.1, 0.15) is 13.8 Å². The van der Waals surface area contributed by atoms with Crippen molar-refractivity contribution in [2.75, 3.05) is 4.90 Å². The van der Waals surface area contributed by atoms with Crippen molar-refractivity contribution < 1.29 is 0 Å². The van der Waals surface area contributed by atoms with Gasteiger partial charge in [-0.3, -0.25) is 0 Å². The molecule has 1 aromatic carbocycles. The average molecular weight is 202 g/mol. The number of hydrogen-bond donors (Lipinski definition) is 1. The van der Waals surface area contributed by atoms with Crippen LogP contribution in [-0.4, -0.2) is 21.2 Å². The number of nitrogens with zero attached hydrogens (tertiary/aromatic N) is 3. The van der Waals surface area contributed by atoms with Crippen LogP contribution >= 0.6 is 0 Å². The number of aromatic amines is 1. The van der Waals surface area contributed by atoms with E-state index in [1.54, 1.807) is 0 Å². The molecule has 0 saturated heterocycles. The van der Waals surface area contributed by atoms with Crippen LogP contribution in [0.25, 0.3) is 0 Å². The number of hydrogen-bond acceptors (Lipinski definition) is 3. The summed E-state index contributed by atoms with van der Waals surface area (Å²) in [5.41, 5.74) is 1.12. The van der Waals surface area contributed by atoms with E-state index < -0.39 is 0 Å².